The molecule has 0 bridgehead atoms. The van der Waals surface area contributed by atoms with Gasteiger partial charge in [0.15, 0.2) is 0 Å². The highest BCUT2D eigenvalue weighted by Crippen LogP contribution is 2.50. The van der Waals surface area contributed by atoms with Crippen molar-refractivity contribution < 1.29 is 4.39 Å². The van der Waals surface area contributed by atoms with Crippen LogP contribution in [0, 0.1) is 17.2 Å². The van der Waals surface area contributed by atoms with Crippen molar-refractivity contribution in [3.05, 3.63) is 35.6 Å². The Morgan fingerprint density at radius 2 is 1.73 bits per heavy atom. The fraction of sp³-hybridized carbons (Fsp3) is 0.571. The van der Waals surface area contributed by atoms with E-state index >= 15 is 0 Å². The summed E-state index contributed by atoms with van der Waals surface area (Å²) in [6, 6.07) is 7.19. The summed E-state index contributed by atoms with van der Waals surface area (Å²) in [6.45, 7) is 6.82. The third-order valence-electron chi connectivity index (χ3n) is 3.71. The minimum absolute atomic E-state index is 0.0325. The van der Waals surface area contributed by atoms with Gasteiger partial charge in [0.1, 0.15) is 5.82 Å². The molecule has 0 N–H and O–H groups in total. The molecule has 0 atom stereocenters. The molecule has 1 aromatic carbocycles. The minimum Gasteiger partial charge on any atom is -0.207 e. The SMILES string of the molecule is CC(C)(C)[C@H]1C[C@H](c2ccccc2F)C1. The molecule has 1 aliphatic rings. The van der Waals surface area contributed by atoms with Gasteiger partial charge >= 0.3 is 0 Å². The van der Waals surface area contributed by atoms with Crippen molar-refractivity contribution in [2.24, 2.45) is 11.3 Å². The van der Waals surface area contributed by atoms with E-state index in [1.807, 2.05) is 12.1 Å². The summed E-state index contributed by atoms with van der Waals surface area (Å²) < 4.78 is 13.5. The highest BCUT2D eigenvalue weighted by atomic mass is 19.1. The van der Waals surface area contributed by atoms with Crippen molar-refractivity contribution in [1.29, 1.82) is 0 Å². The molecule has 0 heterocycles. The summed E-state index contributed by atoms with van der Waals surface area (Å²) in [5, 5.41) is 0. The van der Waals surface area contributed by atoms with E-state index in [2.05, 4.69) is 20.8 Å². The van der Waals surface area contributed by atoms with Gasteiger partial charge in [0.05, 0.1) is 0 Å². The number of rotatable bonds is 1. The highest BCUT2D eigenvalue weighted by Gasteiger charge is 2.38. The van der Waals surface area contributed by atoms with E-state index in [-0.39, 0.29) is 5.82 Å². The van der Waals surface area contributed by atoms with E-state index in [9.17, 15) is 4.39 Å². The maximum absolute atomic E-state index is 13.5. The van der Waals surface area contributed by atoms with Crippen LogP contribution in [0.15, 0.2) is 24.3 Å². The lowest BCUT2D eigenvalue weighted by Gasteiger charge is -2.44. The van der Waals surface area contributed by atoms with Crippen LogP contribution in [0.5, 0.6) is 0 Å². The summed E-state index contributed by atoms with van der Waals surface area (Å²) in [6.07, 6.45) is 2.29. The molecule has 1 fully saturated rings. The Kier molecular flexibility index (Phi) is 2.57. The zero-order valence-electron chi connectivity index (χ0n) is 9.76. The Morgan fingerprint density at radius 3 is 2.27 bits per heavy atom. The molecule has 0 amide bonds. The van der Waals surface area contributed by atoms with Crippen LogP contribution in [0.1, 0.15) is 45.1 Å². The highest BCUT2D eigenvalue weighted by molar-refractivity contribution is 5.24. The smallest absolute Gasteiger partial charge is 0.126 e. The Morgan fingerprint density at radius 1 is 1.13 bits per heavy atom. The van der Waals surface area contributed by atoms with Crippen LogP contribution in [0.2, 0.25) is 0 Å². The molecule has 1 aromatic rings. The average molecular weight is 206 g/mol. The minimum atomic E-state index is -0.0325. The van der Waals surface area contributed by atoms with Crippen molar-refractivity contribution in [2.45, 2.75) is 39.5 Å². The Labute approximate surface area is 91.5 Å². The van der Waals surface area contributed by atoms with Gasteiger partial charge in [-0.1, -0.05) is 39.0 Å². The number of halogens is 1. The van der Waals surface area contributed by atoms with Crippen LogP contribution in [-0.4, -0.2) is 0 Å². The fourth-order valence-electron chi connectivity index (χ4n) is 2.39. The van der Waals surface area contributed by atoms with Crippen molar-refractivity contribution in [1.82, 2.24) is 0 Å². The van der Waals surface area contributed by atoms with Gasteiger partial charge < -0.3 is 0 Å². The molecule has 0 aromatic heterocycles. The van der Waals surface area contributed by atoms with E-state index in [1.54, 1.807) is 12.1 Å². The van der Waals surface area contributed by atoms with Gasteiger partial charge in [-0.2, -0.15) is 0 Å². The zero-order chi connectivity index (χ0) is 11.1. The number of benzene rings is 1. The van der Waals surface area contributed by atoms with Crippen LogP contribution in [0.3, 0.4) is 0 Å². The standard InChI is InChI=1S/C14H19F/c1-14(2,3)11-8-10(9-11)12-6-4-5-7-13(12)15/h4-7,10-11H,8-9H2,1-3H3/t10-,11-. The molecular formula is C14H19F. The Hall–Kier alpha value is -0.850. The van der Waals surface area contributed by atoms with Crippen LogP contribution < -0.4 is 0 Å². The van der Waals surface area contributed by atoms with Crippen molar-refractivity contribution in [2.75, 3.05) is 0 Å². The molecule has 0 aliphatic heterocycles. The lowest BCUT2D eigenvalue weighted by molar-refractivity contribution is 0.113. The molecule has 1 heteroatoms. The second-order valence-electron chi connectivity index (χ2n) is 5.75. The van der Waals surface area contributed by atoms with E-state index in [0.29, 0.717) is 11.3 Å². The zero-order valence-corrected chi connectivity index (χ0v) is 9.76. The maximum atomic E-state index is 13.5. The normalized spacial score (nSPS) is 26.1. The second kappa shape index (κ2) is 3.62. The van der Waals surface area contributed by atoms with Crippen molar-refractivity contribution in [3.8, 4) is 0 Å². The van der Waals surface area contributed by atoms with Crippen LogP contribution >= 0.6 is 0 Å². The first-order valence-corrected chi connectivity index (χ1v) is 5.73. The van der Waals surface area contributed by atoms with Gasteiger partial charge in [-0.3, -0.25) is 0 Å². The van der Waals surface area contributed by atoms with Gasteiger partial charge in [0.2, 0.25) is 0 Å². The first-order valence-electron chi connectivity index (χ1n) is 5.73. The molecule has 0 radical (unpaired) electrons. The monoisotopic (exact) mass is 206 g/mol. The number of hydrogen-bond acceptors (Lipinski definition) is 0. The maximum Gasteiger partial charge on any atom is 0.126 e. The first-order chi connectivity index (χ1) is 6.98. The Balaban J connectivity index is 2.04. The second-order valence-corrected chi connectivity index (χ2v) is 5.75. The molecule has 0 saturated heterocycles. The number of hydrogen-bond donors (Lipinski definition) is 0. The molecule has 82 valence electrons. The van der Waals surface area contributed by atoms with Crippen LogP contribution in [0.4, 0.5) is 4.39 Å². The molecular weight excluding hydrogens is 187 g/mol. The average Bonchev–Trinajstić information content (AvgIpc) is 2.03. The molecule has 0 spiro atoms. The Bertz CT molecular complexity index is 343. The molecule has 1 saturated carbocycles. The van der Waals surface area contributed by atoms with Gasteiger partial charge in [0.25, 0.3) is 0 Å². The summed E-state index contributed by atoms with van der Waals surface area (Å²) in [7, 11) is 0. The molecule has 0 unspecified atom stereocenters. The van der Waals surface area contributed by atoms with Gasteiger partial charge in [-0.05, 0) is 41.7 Å². The molecule has 0 nitrogen and oxygen atoms in total. The summed E-state index contributed by atoms with van der Waals surface area (Å²) >= 11 is 0. The molecule has 15 heavy (non-hydrogen) atoms. The summed E-state index contributed by atoms with van der Waals surface area (Å²) in [4.78, 5) is 0. The largest absolute Gasteiger partial charge is 0.207 e. The van der Waals surface area contributed by atoms with Gasteiger partial charge in [0, 0.05) is 0 Å². The van der Waals surface area contributed by atoms with E-state index < -0.39 is 0 Å². The summed E-state index contributed by atoms with van der Waals surface area (Å²) in [5.41, 5.74) is 1.29. The third kappa shape index (κ3) is 2.06. The third-order valence-corrected chi connectivity index (χ3v) is 3.71. The lowest BCUT2D eigenvalue weighted by atomic mass is 9.61. The van der Waals surface area contributed by atoms with Gasteiger partial charge in [-0.25, -0.2) is 4.39 Å². The predicted molar refractivity (Wildman–Crippen MR) is 61.3 cm³/mol. The van der Waals surface area contributed by atoms with E-state index in [4.69, 9.17) is 0 Å². The molecule has 1 aliphatic carbocycles. The molecule has 2 rings (SSSR count). The summed E-state index contributed by atoms with van der Waals surface area (Å²) in [5.74, 6) is 1.17. The van der Waals surface area contributed by atoms with E-state index in [0.717, 1.165) is 24.3 Å². The first kappa shape index (κ1) is 10.7. The van der Waals surface area contributed by atoms with E-state index in [1.165, 1.54) is 0 Å². The van der Waals surface area contributed by atoms with Gasteiger partial charge in [-0.15, -0.1) is 0 Å². The van der Waals surface area contributed by atoms with Crippen LogP contribution in [-0.2, 0) is 0 Å². The van der Waals surface area contributed by atoms with Crippen molar-refractivity contribution >= 4 is 0 Å². The quantitative estimate of drug-likeness (QED) is 0.640. The fourth-order valence-corrected chi connectivity index (χ4v) is 2.39. The van der Waals surface area contributed by atoms with Crippen LogP contribution in [0.25, 0.3) is 0 Å². The lowest BCUT2D eigenvalue weighted by Crippen LogP contribution is -2.32. The predicted octanol–water partition coefficient (Wildman–Crippen LogP) is 4.37. The van der Waals surface area contributed by atoms with Crippen molar-refractivity contribution in [3.63, 3.8) is 0 Å². The topological polar surface area (TPSA) is 0 Å².